The van der Waals surface area contributed by atoms with Crippen LogP contribution in [-0.4, -0.2) is 62.0 Å². The van der Waals surface area contributed by atoms with Gasteiger partial charge in [-0.3, -0.25) is 4.79 Å². The molecular formula is C17H28Cl2N2O2. The number of rotatable bonds is 6. The van der Waals surface area contributed by atoms with Gasteiger partial charge in [0.05, 0.1) is 6.61 Å². The number of carbonyl (C=O) groups excluding carboxylic acids is 1. The first-order chi connectivity index (χ1) is 10.1. The van der Waals surface area contributed by atoms with Crippen LogP contribution in [0.15, 0.2) is 24.3 Å². The van der Waals surface area contributed by atoms with E-state index < -0.39 is 0 Å². The van der Waals surface area contributed by atoms with Gasteiger partial charge in [0, 0.05) is 44.2 Å². The van der Waals surface area contributed by atoms with Crippen molar-refractivity contribution in [1.29, 1.82) is 0 Å². The zero-order chi connectivity index (χ0) is 15.2. The van der Waals surface area contributed by atoms with Crippen LogP contribution in [0.1, 0.15) is 24.2 Å². The lowest BCUT2D eigenvalue weighted by atomic mass is 9.98. The second kappa shape index (κ2) is 10.9. The Kier molecular flexibility index (Phi) is 10.5. The summed E-state index contributed by atoms with van der Waals surface area (Å²) in [5.41, 5.74) is 0.778. The molecule has 0 N–H and O–H groups in total. The fourth-order valence-electron chi connectivity index (χ4n) is 2.67. The van der Waals surface area contributed by atoms with Crippen molar-refractivity contribution in [3.05, 3.63) is 29.8 Å². The van der Waals surface area contributed by atoms with Gasteiger partial charge in [-0.05, 0) is 38.2 Å². The largest absolute Gasteiger partial charge is 0.494 e. The van der Waals surface area contributed by atoms with Crippen molar-refractivity contribution in [2.45, 2.75) is 13.8 Å². The molecule has 1 aliphatic heterocycles. The molecule has 0 amide bonds. The summed E-state index contributed by atoms with van der Waals surface area (Å²) < 4.78 is 5.41. The van der Waals surface area contributed by atoms with Crippen LogP contribution in [0.5, 0.6) is 5.75 Å². The fraction of sp³-hybridized carbons (Fsp3) is 0.588. The summed E-state index contributed by atoms with van der Waals surface area (Å²) in [6, 6.07) is 7.49. The molecule has 132 valence electrons. The smallest absolute Gasteiger partial charge is 0.166 e. The summed E-state index contributed by atoms with van der Waals surface area (Å²) in [6.45, 7) is 9.75. The number of likely N-dealkylation sites (N-methyl/N-ethyl adjacent to an activating group) is 1. The molecule has 6 heteroatoms. The second-order valence-electron chi connectivity index (χ2n) is 5.83. The molecule has 0 aliphatic carbocycles. The molecule has 0 bridgehead atoms. The third-order valence-electron chi connectivity index (χ3n) is 4.03. The average Bonchev–Trinajstić information content (AvgIpc) is 2.50. The zero-order valence-electron chi connectivity index (χ0n) is 14.2. The van der Waals surface area contributed by atoms with Gasteiger partial charge in [0.2, 0.25) is 0 Å². The van der Waals surface area contributed by atoms with Gasteiger partial charge in [0.1, 0.15) is 5.75 Å². The molecule has 23 heavy (non-hydrogen) atoms. The zero-order valence-corrected chi connectivity index (χ0v) is 15.8. The SMILES string of the molecule is CCOc1ccc(C(=O)C(C)CN2CCN(C)CC2)cc1.Cl.Cl. The van der Waals surface area contributed by atoms with E-state index in [1.165, 1.54) is 0 Å². The van der Waals surface area contributed by atoms with Crippen molar-refractivity contribution < 1.29 is 9.53 Å². The molecule has 1 aliphatic rings. The van der Waals surface area contributed by atoms with E-state index in [2.05, 4.69) is 16.8 Å². The molecule has 1 fully saturated rings. The Morgan fingerprint density at radius 3 is 2.22 bits per heavy atom. The topological polar surface area (TPSA) is 32.8 Å². The maximum Gasteiger partial charge on any atom is 0.166 e. The Balaban J connectivity index is 0.00000242. The van der Waals surface area contributed by atoms with E-state index in [0.29, 0.717) is 6.61 Å². The Labute approximate surface area is 152 Å². The Bertz CT molecular complexity index is 460. The number of carbonyl (C=O) groups is 1. The summed E-state index contributed by atoms with van der Waals surface area (Å²) in [5, 5.41) is 0. The van der Waals surface area contributed by atoms with Crippen molar-refractivity contribution in [2.24, 2.45) is 5.92 Å². The molecule has 1 atom stereocenters. The number of nitrogens with zero attached hydrogens (tertiary/aromatic N) is 2. The Morgan fingerprint density at radius 2 is 1.70 bits per heavy atom. The number of halogens is 2. The molecule has 1 unspecified atom stereocenters. The minimum atomic E-state index is 0. The first-order valence-electron chi connectivity index (χ1n) is 7.78. The summed E-state index contributed by atoms with van der Waals surface area (Å²) in [7, 11) is 2.14. The van der Waals surface area contributed by atoms with Crippen molar-refractivity contribution in [3.63, 3.8) is 0 Å². The number of ketones is 1. The summed E-state index contributed by atoms with van der Waals surface area (Å²) in [6.07, 6.45) is 0. The van der Waals surface area contributed by atoms with Crippen LogP contribution < -0.4 is 4.74 Å². The average molecular weight is 363 g/mol. The van der Waals surface area contributed by atoms with Crippen LogP contribution in [0.4, 0.5) is 0 Å². The molecular weight excluding hydrogens is 335 g/mol. The maximum absolute atomic E-state index is 12.5. The van der Waals surface area contributed by atoms with Gasteiger partial charge in [-0.15, -0.1) is 24.8 Å². The molecule has 1 aromatic carbocycles. The molecule has 4 nitrogen and oxygen atoms in total. The highest BCUT2D eigenvalue weighted by atomic mass is 35.5. The maximum atomic E-state index is 12.5. The lowest BCUT2D eigenvalue weighted by Gasteiger charge is -2.33. The third kappa shape index (κ3) is 6.68. The lowest BCUT2D eigenvalue weighted by molar-refractivity contribution is 0.0854. The first kappa shape index (κ1) is 22.2. The Morgan fingerprint density at radius 1 is 1.13 bits per heavy atom. The molecule has 1 heterocycles. The van der Waals surface area contributed by atoms with E-state index in [9.17, 15) is 4.79 Å². The van der Waals surface area contributed by atoms with Crippen LogP contribution in [0.2, 0.25) is 0 Å². The van der Waals surface area contributed by atoms with Gasteiger partial charge in [-0.2, -0.15) is 0 Å². The van der Waals surface area contributed by atoms with Gasteiger partial charge in [0.15, 0.2) is 5.78 Å². The summed E-state index contributed by atoms with van der Waals surface area (Å²) in [5.74, 6) is 1.07. The van der Waals surface area contributed by atoms with Crippen molar-refractivity contribution in [1.82, 2.24) is 9.80 Å². The predicted octanol–water partition coefficient (Wildman–Crippen LogP) is 3.00. The first-order valence-corrected chi connectivity index (χ1v) is 7.78. The quantitative estimate of drug-likeness (QED) is 0.728. The van der Waals surface area contributed by atoms with E-state index in [1.807, 2.05) is 38.1 Å². The number of benzene rings is 1. The fourth-order valence-corrected chi connectivity index (χ4v) is 2.67. The van der Waals surface area contributed by atoms with E-state index in [-0.39, 0.29) is 36.5 Å². The normalized spacial score (nSPS) is 16.8. The molecule has 0 spiro atoms. The van der Waals surface area contributed by atoms with Crippen LogP contribution in [-0.2, 0) is 0 Å². The summed E-state index contributed by atoms with van der Waals surface area (Å²) in [4.78, 5) is 17.2. The molecule has 2 rings (SSSR count). The number of hydrogen-bond donors (Lipinski definition) is 0. The highest BCUT2D eigenvalue weighted by Crippen LogP contribution is 2.16. The second-order valence-corrected chi connectivity index (χ2v) is 5.83. The Hall–Kier alpha value is -0.810. The van der Waals surface area contributed by atoms with E-state index in [4.69, 9.17) is 4.74 Å². The number of hydrogen-bond acceptors (Lipinski definition) is 4. The van der Waals surface area contributed by atoms with E-state index >= 15 is 0 Å². The number of piperazine rings is 1. The lowest BCUT2D eigenvalue weighted by Crippen LogP contribution is -2.46. The van der Waals surface area contributed by atoms with Gasteiger partial charge in [0.25, 0.3) is 0 Å². The molecule has 0 radical (unpaired) electrons. The van der Waals surface area contributed by atoms with Crippen LogP contribution in [0.3, 0.4) is 0 Å². The minimum Gasteiger partial charge on any atom is -0.494 e. The van der Waals surface area contributed by atoms with E-state index in [0.717, 1.165) is 44.0 Å². The van der Waals surface area contributed by atoms with Gasteiger partial charge < -0.3 is 14.5 Å². The molecule has 0 saturated carbocycles. The monoisotopic (exact) mass is 362 g/mol. The standard InChI is InChI=1S/C17H26N2O2.2ClH/c1-4-21-16-7-5-15(6-8-16)17(20)14(2)13-19-11-9-18(3)10-12-19;;/h5-8,14H,4,9-13H2,1-3H3;2*1H. The minimum absolute atomic E-state index is 0. The highest BCUT2D eigenvalue weighted by molar-refractivity contribution is 5.97. The molecule has 1 saturated heterocycles. The molecule has 1 aromatic rings. The molecule has 0 aromatic heterocycles. The number of ether oxygens (including phenoxy) is 1. The number of Topliss-reactive ketones (excluding diaryl/α,β-unsaturated/α-hetero) is 1. The van der Waals surface area contributed by atoms with Crippen molar-refractivity contribution >= 4 is 30.6 Å². The van der Waals surface area contributed by atoms with Gasteiger partial charge in [-0.1, -0.05) is 6.92 Å². The van der Waals surface area contributed by atoms with Gasteiger partial charge in [-0.25, -0.2) is 0 Å². The van der Waals surface area contributed by atoms with Crippen molar-refractivity contribution in [3.8, 4) is 5.75 Å². The van der Waals surface area contributed by atoms with E-state index in [1.54, 1.807) is 0 Å². The predicted molar refractivity (Wildman–Crippen MR) is 99.5 cm³/mol. The van der Waals surface area contributed by atoms with Crippen LogP contribution in [0, 0.1) is 5.92 Å². The van der Waals surface area contributed by atoms with Gasteiger partial charge >= 0.3 is 0 Å². The third-order valence-corrected chi connectivity index (χ3v) is 4.03. The van der Waals surface area contributed by atoms with Crippen LogP contribution >= 0.6 is 24.8 Å². The van der Waals surface area contributed by atoms with Crippen LogP contribution in [0.25, 0.3) is 0 Å². The summed E-state index contributed by atoms with van der Waals surface area (Å²) >= 11 is 0. The van der Waals surface area contributed by atoms with Crippen molar-refractivity contribution in [2.75, 3.05) is 46.4 Å². The highest BCUT2D eigenvalue weighted by Gasteiger charge is 2.21.